The summed E-state index contributed by atoms with van der Waals surface area (Å²) < 4.78 is 1.52. The molecule has 0 radical (unpaired) electrons. The van der Waals surface area contributed by atoms with Crippen molar-refractivity contribution >= 4 is 6.21 Å². The van der Waals surface area contributed by atoms with Gasteiger partial charge in [0.05, 0.1) is 17.5 Å². The van der Waals surface area contributed by atoms with Crippen molar-refractivity contribution in [2.75, 3.05) is 0 Å². The number of aromatic nitrogens is 2. The molecule has 0 amide bonds. The fourth-order valence-electron chi connectivity index (χ4n) is 1.76. The van der Waals surface area contributed by atoms with Gasteiger partial charge in [0.2, 0.25) is 0 Å². The number of nitrogens with one attached hydrogen (secondary N) is 2. The van der Waals surface area contributed by atoms with Gasteiger partial charge in [-0.05, 0) is 39.8 Å². The molecule has 0 fully saturated rings. The first-order valence-corrected chi connectivity index (χ1v) is 6.56. The third-order valence-electron chi connectivity index (χ3n) is 2.73. The minimum atomic E-state index is -0.126. The van der Waals surface area contributed by atoms with Crippen molar-refractivity contribution in [2.24, 2.45) is 5.10 Å². The second-order valence-corrected chi connectivity index (χ2v) is 5.75. The number of aryl methyl sites for hydroxylation is 1. The normalized spacial score (nSPS) is 12.0. The molecule has 0 saturated carbocycles. The van der Waals surface area contributed by atoms with Crippen molar-refractivity contribution in [1.29, 1.82) is 0 Å². The average Bonchev–Trinajstić information content (AvgIpc) is 2.66. The van der Waals surface area contributed by atoms with E-state index in [-0.39, 0.29) is 11.1 Å². The predicted octanol–water partition coefficient (Wildman–Crippen LogP) is 2.20. The number of benzene rings is 1. The number of aromatic amines is 1. The Morgan fingerprint density at radius 1 is 1.25 bits per heavy atom. The van der Waals surface area contributed by atoms with Crippen molar-refractivity contribution in [2.45, 2.75) is 33.2 Å². The number of nitrogens with zero attached hydrogens (tertiary/aromatic N) is 2. The van der Waals surface area contributed by atoms with E-state index in [1.165, 1.54) is 4.68 Å². The molecule has 106 valence electrons. The van der Waals surface area contributed by atoms with Crippen LogP contribution in [0.5, 0.6) is 0 Å². The Morgan fingerprint density at radius 3 is 2.50 bits per heavy atom. The third-order valence-corrected chi connectivity index (χ3v) is 2.73. The molecule has 5 heteroatoms. The highest BCUT2D eigenvalue weighted by molar-refractivity contribution is 5.80. The van der Waals surface area contributed by atoms with Crippen LogP contribution in [-0.4, -0.2) is 21.5 Å². The van der Waals surface area contributed by atoms with Gasteiger partial charge in [-0.1, -0.05) is 18.2 Å². The van der Waals surface area contributed by atoms with Crippen molar-refractivity contribution in [3.63, 3.8) is 0 Å². The highest BCUT2D eigenvalue weighted by Crippen LogP contribution is 2.05. The van der Waals surface area contributed by atoms with E-state index in [1.54, 1.807) is 6.21 Å². The lowest BCUT2D eigenvalue weighted by Crippen LogP contribution is -2.31. The van der Waals surface area contributed by atoms with Crippen molar-refractivity contribution in [3.05, 3.63) is 51.9 Å². The fourth-order valence-corrected chi connectivity index (χ4v) is 1.76. The van der Waals surface area contributed by atoms with Gasteiger partial charge in [0.1, 0.15) is 0 Å². The zero-order valence-corrected chi connectivity index (χ0v) is 12.3. The minimum Gasteiger partial charge on any atom is -0.305 e. The maximum Gasteiger partial charge on any atom is 0.280 e. The molecule has 5 nitrogen and oxygen atoms in total. The van der Waals surface area contributed by atoms with Crippen LogP contribution < -0.4 is 11.0 Å². The Hall–Kier alpha value is -2.30. The molecule has 1 aromatic heterocycles. The molecule has 20 heavy (non-hydrogen) atoms. The van der Waals surface area contributed by atoms with Gasteiger partial charge >= 0.3 is 0 Å². The maximum atomic E-state index is 12.4. The van der Waals surface area contributed by atoms with Gasteiger partial charge in [-0.25, -0.2) is 4.68 Å². The standard InChI is InChI=1S/C15H20N4O/c1-11-13(10-16-18-15(2,3)4)14(20)19(17-11)12-8-6-5-7-9-12/h5-10,17-18H,1-4H3/b16-10+. The second kappa shape index (κ2) is 5.36. The quantitative estimate of drug-likeness (QED) is 0.664. The van der Waals surface area contributed by atoms with E-state index in [4.69, 9.17) is 0 Å². The zero-order chi connectivity index (χ0) is 14.8. The average molecular weight is 272 g/mol. The number of hydrogen-bond donors (Lipinski definition) is 2. The first-order chi connectivity index (χ1) is 9.38. The summed E-state index contributed by atoms with van der Waals surface area (Å²) in [5.41, 5.74) is 4.91. The van der Waals surface area contributed by atoms with E-state index in [9.17, 15) is 4.79 Å². The molecule has 0 aliphatic rings. The fraction of sp³-hybridized carbons (Fsp3) is 0.333. The number of rotatable bonds is 3. The molecular weight excluding hydrogens is 252 g/mol. The molecule has 1 heterocycles. The summed E-state index contributed by atoms with van der Waals surface area (Å²) in [5, 5.41) is 7.20. The molecule has 1 aromatic carbocycles. The molecule has 0 atom stereocenters. The Bertz CT molecular complexity index is 659. The van der Waals surface area contributed by atoms with Gasteiger partial charge in [-0.15, -0.1) is 0 Å². The highest BCUT2D eigenvalue weighted by Gasteiger charge is 2.11. The SMILES string of the molecule is Cc1[nH]n(-c2ccccc2)c(=O)c1/C=N/NC(C)(C)C. The van der Waals surface area contributed by atoms with Crippen LogP contribution in [0.4, 0.5) is 0 Å². The topological polar surface area (TPSA) is 62.2 Å². The maximum absolute atomic E-state index is 12.4. The molecule has 2 aromatic rings. The first kappa shape index (κ1) is 14.1. The Morgan fingerprint density at radius 2 is 1.90 bits per heavy atom. The van der Waals surface area contributed by atoms with Gasteiger partial charge in [-0.2, -0.15) is 5.10 Å². The van der Waals surface area contributed by atoms with Crippen LogP contribution in [0.3, 0.4) is 0 Å². The van der Waals surface area contributed by atoms with Crippen molar-refractivity contribution < 1.29 is 0 Å². The Balaban J connectivity index is 2.33. The first-order valence-electron chi connectivity index (χ1n) is 6.56. The predicted molar refractivity (Wildman–Crippen MR) is 81.6 cm³/mol. The smallest absolute Gasteiger partial charge is 0.280 e. The van der Waals surface area contributed by atoms with Crippen LogP contribution in [0, 0.1) is 6.92 Å². The lowest BCUT2D eigenvalue weighted by molar-refractivity contribution is 0.442. The molecule has 2 N–H and O–H groups in total. The molecule has 0 saturated heterocycles. The van der Waals surface area contributed by atoms with E-state index in [1.807, 2.05) is 58.0 Å². The monoisotopic (exact) mass is 272 g/mol. The Labute approximate surface area is 118 Å². The molecular formula is C15H20N4O. The molecule has 2 rings (SSSR count). The van der Waals surface area contributed by atoms with E-state index >= 15 is 0 Å². The third kappa shape index (κ3) is 3.17. The number of H-pyrrole nitrogens is 1. The highest BCUT2D eigenvalue weighted by atomic mass is 16.1. The number of hydrazone groups is 1. The van der Waals surface area contributed by atoms with Crippen LogP contribution in [0.1, 0.15) is 32.0 Å². The van der Waals surface area contributed by atoms with Crippen LogP contribution in [0.15, 0.2) is 40.2 Å². The molecule has 0 spiro atoms. The molecule has 0 aliphatic heterocycles. The van der Waals surface area contributed by atoms with Gasteiger partial charge in [0.25, 0.3) is 5.56 Å². The Kier molecular flexibility index (Phi) is 3.79. The summed E-state index contributed by atoms with van der Waals surface area (Å²) >= 11 is 0. The summed E-state index contributed by atoms with van der Waals surface area (Å²) in [4.78, 5) is 12.4. The summed E-state index contributed by atoms with van der Waals surface area (Å²) in [6, 6.07) is 9.47. The lowest BCUT2D eigenvalue weighted by Gasteiger charge is -2.16. The van der Waals surface area contributed by atoms with E-state index in [0.29, 0.717) is 5.56 Å². The van der Waals surface area contributed by atoms with E-state index in [2.05, 4.69) is 15.6 Å². The number of hydrogen-bond acceptors (Lipinski definition) is 3. The van der Waals surface area contributed by atoms with Crippen LogP contribution >= 0.6 is 0 Å². The second-order valence-electron chi connectivity index (χ2n) is 5.75. The largest absolute Gasteiger partial charge is 0.305 e. The van der Waals surface area contributed by atoms with Crippen LogP contribution in [0.2, 0.25) is 0 Å². The molecule has 0 unspecified atom stereocenters. The van der Waals surface area contributed by atoms with E-state index < -0.39 is 0 Å². The zero-order valence-electron chi connectivity index (χ0n) is 12.3. The summed E-state index contributed by atoms with van der Waals surface area (Å²) in [6.07, 6.45) is 1.57. The van der Waals surface area contributed by atoms with Crippen LogP contribution in [0.25, 0.3) is 5.69 Å². The van der Waals surface area contributed by atoms with Gasteiger partial charge in [-0.3, -0.25) is 9.89 Å². The van der Waals surface area contributed by atoms with Gasteiger partial charge in [0.15, 0.2) is 0 Å². The summed E-state index contributed by atoms with van der Waals surface area (Å²) in [6.45, 7) is 7.89. The van der Waals surface area contributed by atoms with Crippen molar-refractivity contribution in [1.82, 2.24) is 15.2 Å². The molecule has 0 aliphatic carbocycles. The summed E-state index contributed by atoms with van der Waals surface area (Å²) in [5.74, 6) is 0. The van der Waals surface area contributed by atoms with Gasteiger partial charge in [0, 0.05) is 11.2 Å². The molecule has 0 bridgehead atoms. The van der Waals surface area contributed by atoms with Crippen LogP contribution in [-0.2, 0) is 0 Å². The minimum absolute atomic E-state index is 0.104. The van der Waals surface area contributed by atoms with Crippen molar-refractivity contribution in [3.8, 4) is 5.69 Å². The van der Waals surface area contributed by atoms with E-state index in [0.717, 1.165) is 11.4 Å². The summed E-state index contributed by atoms with van der Waals surface area (Å²) in [7, 11) is 0. The van der Waals surface area contributed by atoms with Gasteiger partial charge < -0.3 is 5.43 Å². The number of para-hydroxylation sites is 1. The lowest BCUT2D eigenvalue weighted by atomic mass is 10.1.